The standard InChI is InChI=1S/2C9H18N4O/c2*10-7-2-4-13(6-7)9(14)12-8-1-3-11-5-8/h2*7-8,11H,1-6,10H2,(H,12,14)/t2*7-,8-/m11/s1. The molecule has 0 radical (unpaired) electrons. The van der Waals surface area contributed by atoms with E-state index in [-0.39, 0.29) is 24.1 Å². The summed E-state index contributed by atoms with van der Waals surface area (Å²) in [6, 6.07) is 1.04. The van der Waals surface area contributed by atoms with Crippen LogP contribution in [0.4, 0.5) is 9.59 Å². The fourth-order valence-corrected chi connectivity index (χ4v) is 4.03. The van der Waals surface area contributed by atoms with Crippen molar-refractivity contribution in [3.05, 3.63) is 0 Å². The van der Waals surface area contributed by atoms with Gasteiger partial charge in [-0.25, -0.2) is 9.59 Å². The van der Waals surface area contributed by atoms with Gasteiger partial charge in [0.1, 0.15) is 0 Å². The summed E-state index contributed by atoms with van der Waals surface area (Å²) >= 11 is 0. The molecule has 4 aliphatic rings. The highest BCUT2D eigenvalue weighted by molar-refractivity contribution is 5.75. The van der Waals surface area contributed by atoms with Gasteiger partial charge in [0.15, 0.2) is 0 Å². The van der Waals surface area contributed by atoms with Crippen LogP contribution in [0.15, 0.2) is 0 Å². The molecule has 160 valence electrons. The van der Waals surface area contributed by atoms with Gasteiger partial charge >= 0.3 is 12.1 Å². The van der Waals surface area contributed by atoms with E-state index in [1.165, 1.54) is 0 Å². The molecule has 0 aromatic heterocycles. The number of nitrogens with zero attached hydrogens (tertiary/aromatic N) is 2. The van der Waals surface area contributed by atoms with Gasteiger partial charge in [0.25, 0.3) is 0 Å². The summed E-state index contributed by atoms with van der Waals surface area (Å²) in [5.74, 6) is 0. The van der Waals surface area contributed by atoms with Crippen LogP contribution >= 0.6 is 0 Å². The lowest BCUT2D eigenvalue weighted by molar-refractivity contribution is 0.204. The molecular formula is C18H36N8O2. The van der Waals surface area contributed by atoms with E-state index < -0.39 is 0 Å². The first kappa shape index (κ1) is 21.1. The highest BCUT2D eigenvalue weighted by Crippen LogP contribution is 2.09. The van der Waals surface area contributed by atoms with Crippen molar-refractivity contribution in [3.63, 3.8) is 0 Å². The van der Waals surface area contributed by atoms with Crippen LogP contribution in [-0.2, 0) is 0 Å². The Morgan fingerprint density at radius 3 is 1.46 bits per heavy atom. The maximum Gasteiger partial charge on any atom is 0.317 e. The number of hydrogen-bond acceptors (Lipinski definition) is 6. The number of amides is 4. The normalized spacial score (nSPS) is 32.2. The van der Waals surface area contributed by atoms with Crippen LogP contribution in [-0.4, -0.2) is 98.4 Å². The molecule has 0 spiro atoms. The molecule has 4 amide bonds. The number of hydrogen-bond donors (Lipinski definition) is 6. The maximum atomic E-state index is 11.7. The van der Waals surface area contributed by atoms with Gasteiger partial charge in [-0.15, -0.1) is 0 Å². The largest absolute Gasteiger partial charge is 0.334 e. The lowest BCUT2D eigenvalue weighted by Gasteiger charge is -2.19. The van der Waals surface area contributed by atoms with Crippen molar-refractivity contribution in [2.24, 2.45) is 11.5 Å². The Hall–Kier alpha value is -1.62. The van der Waals surface area contributed by atoms with E-state index in [0.717, 1.165) is 65.0 Å². The van der Waals surface area contributed by atoms with Crippen LogP contribution in [0, 0.1) is 0 Å². The number of rotatable bonds is 2. The third kappa shape index (κ3) is 6.20. The van der Waals surface area contributed by atoms with Crippen LogP contribution in [0.1, 0.15) is 25.7 Å². The lowest BCUT2D eigenvalue weighted by atomic mass is 10.3. The van der Waals surface area contributed by atoms with Gasteiger partial charge in [0, 0.05) is 63.4 Å². The number of carbonyl (C=O) groups is 2. The monoisotopic (exact) mass is 396 g/mol. The minimum atomic E-state index is 0.0478. The minimum absolute atomic E-state index is 0.0478. The first-order valence-electron chi connectivity index (χ1n) is 10.5. The molecule has 4 atom stereocenters. The van der Waals surface area contributed by atoms with Crippen molar-refractivity contribution < 1.29 is 9.59 Å². The number of likely N-dealkylation sites (tertiary alicyclic amines) is 2. The first-order valence-corrected chi connectivity index (χ1v) is 10.5. The minimum Gasteiger partial charge on any atom is -0.334 e. The Kier molecular flexibility index (Phi) is 7.72. The molecule has 28 heavy (non-hydrogen) atoms. The van der Waals surface area contributed by atoms with Crippen molar-refractivity contribution in [3.8, 4) is 0 Å². The van der Waals surface area contributed by atoms with Crippen molar-refractivity contribution >= 4 is 12.1 Å². The van der Waals surface area contributed by atoms with E-state index in [1.54, 1.807) is 0 Å². The second-order valence-corrected chi connectivity index (χ2v) is 8.27. The van der Waals surface area contributed by atoms with Crippen molar-refractivity contribution in [1.82, 2.24) is 31.1 Å². The van der Waals surface area contributed by atoms with Gasteiger partial charge < -0.3 is 42.5 Å². The van der Waals surface area contributed by atoms with Crippen molar-refractivity contribution in [2.75, 3.05) is 52.4 Å². The van der Waals surface area contributed by atoms with E-state index in [9.17, 15) is 9.59 Å². The molecule has 8 N–H and O–H groups in total. The summed E-state index contributed by atoms with van der Waals surface area (Å²) < 4.78 is 0. The Morgan fingerprint density at radius 1 is 0.750 bits per heavy atom. The SMILES string of the molecule is N[C@@H]1CCN(C(=O)N[C@@H]2CCNC2)C1.N[C@@H]1CCN(C(=O)N[C@@H]2CCNC2)C1. The Balaban J connectivity index is 0.000000161. The molecule has 4 aliphatic heterocycles. The van der Waals surface area contributed by atoms with E-state index in [0.29, 0.717) is 25.2 Å². The van der Waals surface area contributed by atoms with Crippen molar-refractivity contribution in [1.29, 1.82) is 0 Å². The predicted octanol–water partition coefficient (Wildman–Crippen LogP) is -1.82. The third-order valence-corrected chi connectivity index (χ3v) is 5.80. The highest BCUT2D eigenvalue weighted by atomic mass is 16.2. The fraction of sp³-hybridized carbons (Fsp3) is 0.889. The van der Waals surface area contributed by atoms with Gasteiger partial charge in [0.2, 0.25) is 0 Å². The average Bonchev–Trinajstić information content (AvgIpc) is 3.43. The lowest BCUT2D eigenvalue weighted by Crippen LogP contribution is -2.45. The number of nitrogens with two attached hydrogens (primary N) is 2. The number of nitrogens with one attached hydrogen (secondary N) is 4. The molecule has 0 aromatic rings. The molecule has 4 saturated heterocycles. The second-order valence-electron chi connectivity index (χ2n) is 8.27. The fourth-order valence-electron chi connectivity index (χ4n) is 4.03. The topological polar surface area (TPSA) is 141 Å². The second kappa shape index (κ2) is 10.2. The van der Waals surface area contributed by atoms with Gasteiger partial charge in [-0.1, -0.05) is 0 Å². The average molecular weight is 397 g/mol. The molecule has 0 aliphatic carbocycles. The Bertz CT molecular complexity index is 476. The molecule has 4 heterocycles. The van der Waals surface area contributed by atoms with Gasteiger partial charge in [0.05, 0.1) is 0 Å². The zero-order valence-corrected chi connectivity index (χ0v) is 16.7. The van der Waals surface area contributed by atoms with Crippen LogP contribution < -0.4 is 32.7 Å². The van der Waals surface area contributed by atoms with E-state index in [1.807, 2.05) is 9.80 Å². The summed E-state index contributed by atoms with van der Waals surface area (Å²) in [5, 5.41) is 12.5. The van der Waals surface area contributed by atoms with Gasteiger partial charge in [-0.3, -0.25) is 0 Å². The molecule has 10 heteroatoms. The maximum absolute atomic E-state index is 11.7. The summed E-state index contributed by atoms with van der Waals surface area (Å²) in [6.45, 7) is 6.80. The zero-order valence-electron chi connectivity index (χ0n) is 16.7. The van der Waals surface area contributed by atoms with Crippen LogP contribution in [0.3, 0.4) is 0 Å². The summed E-state index contributed by atoms with van der Waals surface area (Å²) in [4.78, 5) is 27.0. The third-order valence-electron chi connectivity index (χ3n) is 5.80. The quantitative estimate of drug-likeness (QED) is 0.325. The van der Waals surface area contributed by atoms with Crippen LogP contribution in [0.5, 0.6) is 0 Å². The molecule has 0 aromatic carbocycles. The predicted molar refractivity (Wildman–Crippen MR) is 108 cm³/mol. The van der Waals surface area contributed by atoms with Crippen molar-refractivity contribution in [2.45, 2.75) is 49.9 Å². The summed E-state index contributed by atoms with van der Waals surface area (Å²) in [5.41, 5.74) is 11.5. The van der Waals surface area contributed by atoms with E-state index >= 15 is 0 Å². The highest BCUT2D eigenvalue weighted by Gasteiger charge is 2.27. The smallest absolute Gasteiger partial charge is 0.317 e. The molecule has 0 unspecified atom stereocenters. The molecule has 4 fully saturated rings. The van der Waals surface area contributed by atoms with E-state index in [4.69, 9.17) is 11.5 Å². The first-order chi connectivity index (χ1) is 13.5. The molecule has 0 saturated carbocycles. The van der Waals surface area contributed by atoms with E-state index in [2.05, 4.69) is 21.3 Å². The van der Waals surface area contributed by atoms with Crippen LogP contribution in [0.2, 0.25) is 0 Å². The summed E-state index contributed by atoms with van der Waals surface area (Å²) in [7, 11) is 0. The molecule has 0 bridgehead atoms. The van der Waals surface area contributed by atoms with Crippen LogP contribution in [0.25, 0.3) is 0 Å². The Labute approximate surface area is 167 Å². The molecular weight excluding hydrogens is 360 g/mol. The number of urea groups is 2. The Morgan fingerprint density at radius 2 is 1.18 bits per heavy atom. The number of carbonyl (C=O) groups excluding carboxylic acids is 2. The zero-order chi connectivity index (χ0) is 19.9. The molecule has 4 rings (SSSR count). The summed E-state index contributed by atoms with van der Waals surface area (Å²) in [6.07, 6.45) is 3.92. The van der Waals surface area contributed by atoms with Gasteiger partial charge in [-0.2, -0.15) is 0 Å². The molecule has 10 nitrogen and oxygen atoms in total. The van der Waals surface area contributed by atoms with Gasteiger partial charge in [-0.05, 0) is 38.8 Å².